The zero-order valence-corrected chi connectivity index (χ0v) is 39.7. The van der Waals surface area contributed by atoms with Gasteiger partial charge in [-0.1, -0.05) is 27.2 Å². The molecule has 4 unspecified atom stereocenters. The number of amides is 1. The minimum Gasteiger partial charge on any atom is -0.474 e. The van der Waals surface area contributed by atoms with E-state index in [-0.39, 0.29) is 56.8 Å². The first-order valence-corrected chi connectivity index (χ1v) is 26.0. The minimum atomic E-state index is -3.51. The van der Waals surface area contributed by atoms with E-state index in [4.69, 9.17) is 9.47 Å². The molecule has 65 heavy (non-hydrogen) atoms. The maximum Gasteiger partial charge on any atom is 0.223 e. The molecule has 4 aliphatic rings. The number of benzene rings is 2. The van der Waals surface area contributed by atoms with Crippen LogP contribution in [-0.4, -0.2) is 96.5 Å². The van der Waals surface area contributed by atoms with Crippen LogP contribution in [0.25, 0.3) is 0 Å². The average molecular weight is 939 g/mol. The molecule has 352 valence electrons. The monoisotopic (exact) mass is 938 g/mol. The van der Waals surface area contributed by atoms with Crippen LogP contribution in [0.4, 0.5) is 31.8 Å². The van der Waals surface area contributed by atoms with E-state index in [9.17, 15) is 30.4 Å². The Kier molecular flexibility index (Phi) is 14.3. The molecule has 3 N–H and O–H groups in total. The van der Waals surface area contributed by atoms with Crippen molar-refractivity contribution in [1.82, 2.24) is 30.2 Å². The Balaban J connectivity index is 0.000000198. The van der Waals surface area contributed by atoms with Crippen molar-refractivity contribution in [3.8, 4) is 11.8 Å². The maximum atomic E-state index is 14.6. The molecule has 4 atom stereocenters. The summed E-state index contributed by atoms with van der Waals surface area (Å²) in [4.78, 5) is 32.0. The van der Waals surface area contributed by atoms with E-state index >= 15 is 0 Å². The zero-order chi connectivity index (χ0) is 46.8. The molecular weight excluding hydrogens is 879 g/mol. The van der Waals surface area contributed by atoms with Gasteiger partial charge in [0.2, 0.25) is 17.7 Å². The molecule has 4 aromatic rings. The van der Waals surface area contributed by atoms with E-state index in [1.54, 1.807) is 6.92 Å². The predicted molar refractivity (Wildman–Crippen MR) is 243 cm³/mol. The second-order valence-corrected chi connectivity index (χ2v) is 23.1. The molecule has 1 amide bonds. The van der Waals surface area contributed by atoms with Crippen molar-refractivity contribution < 1.29 is 39.9 Å². The topological polar surface area (TPSA) is 195 Å². The molecule has 4 saturated heterocycles. The highest BCUT2D eigenvalue weighted by Gasteiger charge is 2.42. The quantitative estimate of drug-likeness (QED) is 0.131. The molecule has 0 saturated carbocycles. The van der Waals surface area contributed by atoms with Crippen LogP contribution in [0.3, 0.4) is 0 Å². The van der Waals surface area contributed by atoms with Crippen molar-refractivity contribution in [1.29, 1.82) is 0 Å². The number of ether oxygens (including phenoxy) is 2. The normalized spacial score (nSPS) is 23.1. The number of nitrogens with zero attached hydrogens (tertiary/aromatic N) is 5. The van der Waals surface area contributed by atoms with Crippen LogP contribution in [-0.2, 0) is 24.5 Å². The molecule has 8 rings (SSSR count). The van der Waals surface area contributed by atoms with Crippen LogP contribution in [0.5, 0.6) is 11.8 Å². The van der Waals surface area contributed by atoms with Crippen molar-refractivity contribution in [2.45, 2.75) is 151 Å². The van der Waals surface area contributed by atoms with Crippen LogP contribution < -0.4 is 25.4 Å². The van der Waals surface area contributed by atoms with E-state index in [1.165, 1.54) is 56.2 Å². The van der Waals surface area contributed by atoms with Crippen molar-refractivity contribution >= 4 is 48.6 Å². The summed E-state index contributed by atoms with van der Waals surface area (Å²) >= 11 is 0. The van der Waals surface area contributed by atoms with Crippen LogP contribution in [0, 0.1) is 30.9 Å². The second-order valence-electron chi connectivity index (χ2n) is 19.1. The lowest BCUT2D eigenvalue weighted by Gasteiger charge is -2.49. The largest absolute Gasteiger partial charge is 0.474 e. The number of sulfone groups is 2. The fraction of sp³-hybridized carbons (Fsp3) is 0.543. The smallest absolute Gasteiger partial charge is 0.223 e. The van der Waals surface area contributed by atoms with Gasteiger partial charge in [0.1, 0.15) is 48.1 Å². The van der Waals surface area contributed by atoms with Gasteiger partial charge in [-0.25, -0.2) is 45.6 Å². The number of rotatable bonds is 11. The number of halogens is 2. The molecule has 0 aliphatic carbocycles. The molecular formula is C46H60F2N8O7S2. The van der Waals surface area contributed by atoms with Crippen molar-refractivity contribution in [3.05, 3.63) is 71.8 Å². The van der Waals surface area contributed by atoms with Gasteiger partial charge in [-0.05, 0) is 101 Å². The predicted octanol–water partition coefficient (Wildman–Crippen LogP) is 7.92. The number of piperidine rings is 4. The van der Waals surface area contributed by atoms with Crippen molar-refractivity contribution in [2.24, 2.45) is 5.41 Å². The first-order valence-electron chi connectivity index (χ1n) is 22.2. The Morgan fingerprint density at radius 2 is 1.14 bits per heavy atom. The van der Waals surface area contributed by atoms with Crippen molar-refractivity contribution in [3.63, 3.8) is 0 Å². The van der Waals surface area contributed by atoms with E-state index in [0.29, 0.717) is 53.0 Å². The lowest BCUT2D eigenvalue weighted by molar-refractivity contribution is -0.145. The Bertz CT molecular complexity index is 2590. The molecule has 6 heterocycles. The highest BCUT2D eigenvalue weighted by Crippen LogP contribution is 2.39. The van der Waals surface area contributed by atoms with Crippen LogP contribution in [0.15, 0.2) is 58.8 Å². The summed E-state index contributed by atoms with van der Waals surface area (Å²) < 4.78 is 88.0. The van der Waals surface area contributed by atoms with Gasteiger partial charge in [-0.15, -0.1) is 0 Å². The van der Waals surface area contributed by atoms with Crippen LogP contribution >= 0.6 is 0 Å². The first-order chi connectivity index (χ1) is 30.6. The molecule has 4 aliphatic heterocycles. The highest BCUT2D eigenvalue weighted by atomic mass is 32.2. The number of hydrogen-bond acceptors (Lipinski definition) is 14. The average Bonchev–Trinajstić information content (AvgIpc) is 3.20. The van der Waals surface area contributed by atoms with Crippen molar-refractivity contribution in [2.75, 3.05) is 23.1 Å². The minimum absolute atomic E-state index is 0.0508. The summed E-state index contributed by atoms with van der Waals surface area (Å²) in [7, 11) is -6.98. The highest BCUT2D eigenvalue weighted by molar-refractivity contribution is 7.91. The molecule has 0 spiro atoms. The molecule has 0 radical (unpaired) electrons. The molecule has 15 nitrogen and oxygen atoms in total. The van der Waals surface area contributed by atoms with E-state index in [1.807, 2.05) is 6.92 Å². The molecule has 19 heteroatoms. The van der Waals surface area contributed by atoms with E-state index in [0.717, 1.165) is 69.6 Å². The van der Waals surface area contributed by atoms with E-state index in [2.05, 4.69) is 61.6 Å². The summed E-state index contributed by atoms with van der Waals surface area (Å²) in [5.41, 5.74) is 1.50. The van der Waals surface area contributed by atoms with Gasteiger partial charge in [0.05, 0.1) is 32.3 Å². The SMILES string of the molecule is Cc1c(Nc2ccc(S(C)(=O)=O)cc2F)ncnc1OC1CC2CCCC(C1)N2.Cc1c(Nc2ccc(S(C)(=O)=O)cc2F)ncnc1OC1CC2CCCC(C1)N2C(=O)CC(C)(C)C. The Morgan fingerprint density at radius 1 is 0.708 bits per heavy atom. The third kappa shape index (κ3) is 12.1. The van der Waals surface area contributed by atoms with Gasteiger partial charge in [0.25, 0.3) is 0 Å². The Morgan fingerprint density at radius 3 is 1.55 bits per heavy atom. The number of anilines is 4. The number of fused-ring (bicyclic) bond motifs is 4. The summed E-state index contributed by atoms with van der Waals surface area (Å²) in [6.45, 7) is 9.88. The molecule has 2 aromatic carbocycles. The third-order valence-corrected chi connectivity index (χ3v) is 14.7. The fourth-order valence-electron chi connectivity index (χ4n) is 9.27. The molecule has 2 aromatic heterocycles. The molecule has 4 fully saturated rings. The summed E-state index contributed by atoms with van der Waals surface area (Å²) in [5, 5.41) is 9.49. The standard InChI is InChI=1S/C26H35FN4O4S.C20H25FN4O3S/c1-16-24(30-22-10-9-20(13-21(22)27)36(5,33)34)28-15-29-25(16)35-19-11-17-7-6-8-18(12-19)31(17)23(32)14-26(2,3)4;1-12-19(25-18-7-6-16(10-17(18)21)29(2,26)27)22-11-23-20(12)28-15-8-13-4-3-5-14(9-15)24-13/h9-10,13,15,17-19H,6-8,11-12,14H2,1-5H3,(H,28,29,30);6-7,10-11,13-15,24H,3-5,8-9H2,1-2H3,(H,22,23,25). The Hall–Kier alpha value is -5.01. The van der Waals surface area contributed by atoms with Gasteiger partial charge in [0, 0.05) is 55.9 Å². The number of hydrogen-bond donors (Lipinski definition) is 3. The fourth-order valence-corrected chi connectivity index (χ4v) is 10.5. The summed E-state index contributed by atoms with van der Waals surface area (Å²) in [5.74, 6) is 0.570. The van der Waals surface area contributed by atoms with Gasteiger partial charge < -0.3 is 30.3 Å². The number of carbonyl (C=O) groups excluding carboxylic acids is 1. The number of carbonyl (C=O) groups is 1. The summed E-state index contributed by atoms with van der Waals surface area (Å²) in [6, 6.07) is 8.79. The Labute approximate surface area is 380 Å². The van der Waals surface area contributed by atoms with Crippen LogP contribution in [0.1, 0.15) is 103 Å². The van der Waals surface area contributed by atoms with Gasteiger partial charge in [-0.2, -0.15) is 0 Å². The van der Waals surface area contributed by atoms with Gasteiger partial charge >= 0.3 is 0 Å². The van der Waals surface area contributed by atoms with Gasteiger partial charge in [-0.3, -0.25) is 4.79 Å². The van der Waals surface area contributed by atoms with Crippen LogP contribution in [0.2, 0.25) is 0 Å². The third-order valence-electron chi connectivity index (χ3n) is 12.4. The maximum absolute atomic E-state index is 14.6. The van der Waals surface area contributed by atoms with E-state index < -0.39 is 31.3 Å². The summed E-state index contributed by atoms with van der Waals surface area (Å²) in [6.07, 6.45) is 15.5. The second kappa shape index (κ2) is 19.5. The molecule has 4 bridgehead atoms. The zero-order valence-electron chi connectivity index (χ0n) is 38.0. The lowest BCUT2D eigenvalue weighted by Crippen LogP contribution is -2.57. The first kappa shape index (κ1) is 47.9. The number of aromatic nitrogens is 4. The number of nitrogens with one attached hydrogen (secondary N) is 3. The van der Waals surface area contributed by atoms with Gasteiger partial charge in [0.15, 0.2) is 19.7 Å². The lowest BCUT2D eigenvalue weighted by atomic mass is 9.81.